The van der Waals surface area contributed by atoms with E-state index in [1.165, 1.54) is 17.6 Å². The third-order valence-electron chi connectivity index (χ3n) is 1.73. The van der Waals surface area contributed by atoms with Crippen molar-refractivity contribution in [1.82, 2.24) is 0 Å². The molecule has 0 amide bonds. The van der Waals surface area contributed by atoms with Crippen LogP contribution >= 0.6 is 56.5 Å². The molecule has 0 bridgehead atoms. The van der Waals surface area contributed by atoms with Crippen LogP contribution < -0.4 is 0 Å². The Morgan fingerprint density at radius 2 is 1.69 bits per heavy atom. The number of rotatable bonds is 1. The number of halogens is 2. The van der Waals surface area contributed by atoms with Crippen molar-refractivity contribution in [3.05, 3.63) is 42.9 Å². The van der Waals surface area contributed by atoms with Crippen LogP contribution in [-0.4, -0.2) is 0 Å². The second-order valence-corrected chi connectivity index (χ2v) is 5.71. The van der Waals surface area contributed by atoms with Gasteiger partial charge in [-0.05, 0) is 50.7 Å². The third kappa shape index (κ3) is 2.07. The van der Waals surface area contributed by atoms with Gasteiger partial charge in [-0.25, -0.2) is 0 Å². The maximum atomic E-state index is 2.41. The Morgan fingerprint density at radius 3 is 2.23 bits per heavy atom. The van der Waals surface area contributed by atoms with Gasteiger partial charge in [-0.3, -0.25) is 0 Å². The molecule has 2 rings (SSSR count). The van der Waals surface area contributed by atoms with Gasteiger partial charge in [0.05, 0.1) is 0 Å². The Kier molecular flexibility index (Phi) is 3.26. The zero-order chi connectivity index (χ0) is 9.26. The topological polar surface area (TPSA) is 0 Å². The average molecular weight is 412 g/mol. The van der Waals surface area contributed by atoms with E-state index in [4.69, 9.17) is 0 Å². The van der Waals surface area contributed by atoms with Crippen molar-refractivity contribution >= 4 is 56.5 Å². The highest BCUT2D eigenvalue weighted by molar-refractivity contribution is 14.1. The lowest BCUT2D eigenvalue weighted by atomic mass is 10.2. The average Bonchev–Trinajstić information content (AvgIpc) is 2.49. The van der Waals surface area contributed by atoms with E-state index in [0.29, 0.717) is 0 Å². The Bertz CT molecular complexity index is 406. The van der Waals surface area contributed by atoms with Crippen LogP contribution in [0.3, 0.4) is 0 Å². The summed E-state index contributed by atoms with van der Waals surface area (Å²) in [6.07, 6.45) is 0. The van der Waals surface area contributed by atoms with Gasteiger partial charge in [-0.2, -0.15) is 0 Å². The minimum Gasteiger partial charge on any atom is -0.142 e. The molecule has 13 heavy (non-hydrogen) atoms. The van der Waals surface area contributed by atoms with E-state index < -0.39 is 0 Å². The van der Waals surface area contributed by atoms with Crippen molar-refractivity contribution in [2.75, 3.05) is 0 Å². The normalized spacial score (nSPS) is 10.3. The maximum Gasteiger partial charge on any atom is 0.0487 e. The van der Waals surface area contributed by atoms with Crippen LogP contribution in [0.15, 0.2) is 35.7 Å². The fourth-order valence-corrected chi connectivity index (χ4v) is 3.83. The number of benzene rings is 1. The first-order valence-electron chi connectivity index (χ1n) is 3.77. The SMILES string of the molecule is Ic1csc(-c2ccccc2)c1I. The molecule has 1 aromatic heterocycles. The van der Waals surface area contributed by atoms with Gasteiger partial charge < -0.3 is 0 Å². The molecule has 0 N–H and O–H groups in total. The van der Waals surface area contributed by atoms with E-state index in [-0.39, 0.29) is 0 Å². The monoisotopic (exact) mass is 412 g/mol. The van der Waals surface area contributed by atoms with Crippen LogP contribution in [0.4, 0.5) is 0 Å². The fraction of sp³-hybridized carbons (Fsp3) is 0. The molecule has 1 heterocycles. The lowest BCUT2D eigenvalue weighted by Gasteiger charge is -1.97. The Hall–Kier alpha value is 0.380. The van der Waals surface area contributed by atoms with Crippen molar-refractivity contribution in [2.45, 2.75) is 0 Å². The summed E-state index contributed by atoms with van der Waals surface area (Å²) >= 11 is 6.60. The van der Waals surface area contributed by atoms with Crippen LogP contribution in [0, 0.1) is 7.14 Å². The molecule has 3 heteroatoms. The highest BCUT2D eigenvalue weighted by Gasteiger charge is 2.07. The highest BCUT2D eigenvalue weighted by Crippen LogP contribution is 2.34. The fourth-order valence-electron chi connectivity index (χ4n) is 1.11. The smallest absolute Gasteiger partial charge is 0.0487 e. The van der Waals surface area contributed by atoms with Gasteiger partial charge in [0, 0.05) is 17.4 Å². The van der Waals surface area contributed by atoms with Gasteiger partial charge in [0.1, 0.15) is 0 Å². The first kappa shape index (κ1) is 9.92. The molecule has 0 nitrogen and oxygen atoms in total. The molecule has 0 spiro atoms. The molecule has 0 radical (unpaired) electrons. The molecule has 1 aromatic carbocycles. The Balaban J connectivity index is 2.53. The van der Waals surface area contributed by atoms with Crippen LogP contribution in [0.5, 0.6) is 0 Å². The van der Waals surface area contributed by atoms with E-state index in [0.717, 1.165) is 0 Å². The predicted octanol–water partition coefficient (Wildman–Crippen LogP) is 4.62. The maximum absolute atomic E-state index is 2.41. The summed E-state index contributed by atoms with van der Waals surface area (Å²) in [6, 6.07) is 10.5. The largest absolute Gasteiger partial charge is 0.142 e. The van der Waals surface area contributed by atoms with E-state index in [1.807, 2.05) is 11.3 Å². The first-order chi connectivity index (χ1) is 6.29. The summed E-state index contributed by atoms with van der Waals surface area (Å²) in [5, 5.41) is 2.20. The lowest BCUT2D eigenvalue weighted by Crippen LogP contribution is -1.75. The van der Waals surface area contributed by atoms with Crippen molar-refractivity contribution in [3.63, 3.8) is 0 Å². The Morgan fingerprint density at radius 1 is 1.00 bits per heavy atom. The molecule has 0 aliphatic carbocycles. The molecule has 66 valence electrons. The summed E-state index contributed by atoms with van der Waals surface area (Å²) < 4.78 is 2.72. The van der Waals surface area contributed by atoms with Gasteiger partial charge in [0.2, 0.25) is 0 Å². The minimum atomic E-state index is 1.32. The van der Waals surface area contributed by atoms with Crippen LogP contribution in [0.2, 0.25) is 0 Å². The first-order valence-corrected chi connectivity index (χ1v) is 6.80. The number of hydrogen-bond donors (Lipinski definition) is 0. The zero-order valence-corrected chi connectivity index (χ0v) is 11.8. The summed E-state index contributed by atoms with van der Waals surface area (Å²) in [5.41, 5.74) is 1.32. The second-order valence-electron chi connectivity index (χ2n) is 2.59. The summed E-state index contributed by atoms with van der Waals surface area (Å²) in [5.74, 6) is 0. The molecule has 0 aliphatic rings. The Labute approximate surface area is 109 Å². The summed E-state index contributed by atoms with van der Waals surface area (Å²) in [6.45, 7) is 0. The van der Waals surface area contributed by atoms with Gasteiger partial charge in [-0.15, -0.1) is 11.3 Å². The van der Waals surface area contributed by atoms with Gasteiger partial charge in [0.25, 0.3) is 0 Å². The molecule has 0 atom stereocenters. The van der Waals surface area contributed by atoms with Crippen molar-refractivity contribution in [1.29, 1.82) is 0 Å². The van der Waals surface area contributed by atoms with Gasteiger partial charge in [-0.1, -0.05) is 30.3 Å². The van der Waals surface area contributed by atoms with Crippen molar-refractivity contribution in [2.24, 2.45) is 0 Å². The third-order valence-corrected chi connectivity index (χ3v) is 6.55. The summed E-state index contributed by atoms with van der Waals surface area (Å²) in [4.78, 5) is 1.38. The van der Waals surface area contributed by atoms with E-state index in [9.17, 15) is 0 Å². The van der Waals surface area contributed by atoms with Gasteiger partial charge >= 0.3 is 0 Å². The second kappa shape index (κ2) is 4.27. The molecule has 0 aliphatic heterocycles. The van der Waals surface area contributed by atoms with Crippen LogP contribution in [-0.2, 0) is 0 Å². The predicted molar refractivity (Wildman–Crippen MR) is 75.2 cm³/mol. The quantitative estimate of drug-likeness (QED) is 0.600. The standard InChI is InChI=1S/C10H6I2S/c11-8-6-13-10(9(8)12)7-4-2-1-3-5-7/h1-6H. The van der Waals surface area contributed by atoms with E-state index >= 15 is 0 Å². The van der Waals surface area contributed by atoms with Gasteiger partial charge in [0.15, 0.2) is 0 Å². The molecule has 0 saturated heterocycles. The summed E-state index contributed by atoms with van der Waals surface area (Å²) in [7, 11) is 0. The molecular weight excluding hydrogens is 406 g/mol. The number of hydrogen-bond acceptors (Lipinski definition) is 1. The highest BCUT2D eigenvalue weighted by atomic mass is 127. The van der Waals surface area contributed by atoms with Crippen molar-refractivity contribution < 1.29 is 0 Å². The molecule has 0 unspecified atom stereocenters. The minimum absolute atomic E-state index is 1.32. The number of thiophene rings is 1. The lowest BCUT2D eigenvalue weighted by molar-refractivity contribution is 1.66. The molecular formula is C10H6I2S. The molecule has 2 aromatic rings. The zero-order valence-electron chi connectivity index (χ0n) is 6.63. The van der Waals surface area contributed by atoms with E-state index in [2.05, 4.69) is 80.9 Å². The van der Waals surface area contributed by atoms with Crippen molar-refractivity contribution in [3.8, 4) is 10.4 Å². The van der Waals surface area contributed by atoms with Crippen LogP contribution in [0.25, 0.3) is 10.4 Å². The van der Waals surface area contributed by atoms with E-state index in [1.54, 1.807) is 0 Å². The molecule has 0 fully saturated rings. The van der Waals surface area contributed by atoms with Crippen LogP contribution in [0.1, 0.15) is 0 Å². The molecule has 0 saturated carbocycles.